The molecule has 8 heteroatoms. The predicted molar refractivity (Wildman–Crippen MR) is 114 cm³/mol. The van der Waals surface area contributed by atoms with E-state index in [1.165, 1.54) is 42.6 Å². The molecule has 0 aliphatic heterocycles. The maximum Gasteiger partial charge on any atom is 0.264 e. The molecular weight excluding hydrogens is 416 g/mol. The first-order chi connectivity index (χ1) is 13.3. The summed E-state index contributed by atoms with van der Waals surface area (Å²) in [7, 11) is -2.37. The Kier molecular flexibility index (Phi) is 6.07. The number of sulfonamides is 1. The molecule has 0 saturated heterocycles. The van der Waals surface area contributed by atoms with Crippen molar-refractivity contribution in [3.8, 4) is 0 Å². The molecule has 0 bridgehead atoms. The lowest BCUT2D eigenvalue weighted by molar-refractivity contribution is 0.0955. The van der Waals surface area contributed by atoms with E-state index >= 15 is 0 Å². The van der Waals surface area contributed by atoms with Gasteiger partial charge in [-0.2, -0.15) is 0 Å². The van der Waals surface area contributed by atoms with E-state index in [4.69, 9.17) is 11.6 Å². The van der Waals surface area contributed by atoms with E-state index in [0.29, 0.717) is 22.1 Å². The Hall–Kier alpha value is -2.35. The Bertz CT molecular complexity index is 1080. The number of anilines is 1. The first-order valence-electron chi connectivity index (χ1n) is 8.45. The highest BCUT2D eigenvalue weighted by Gasteiger charge is 2.26. The van der Waals surface area contributed by atoms with E-state index in [2.05, 4.69) is 5.32 Å². The lowest BCUT2D eigenvalue weighted by atomic mass is 10.1. The average molecular weight is 435 g/mol. The summed E-state index contributed by atoms with van der Waals surface area (Å²) in [5.74, 6) is -0.316. The van der Waals surface area contributed by atoms with Crippen LogP contribution in [-0.2, 0) is 16.6 Å². The van der Waals surface area contributed by atoms with Crippen molar-refractivity contribution >= 4 is 44.6 Å². The molecule has 1 amide bonds. The van der Waals surface area contributed by atoms with Crippen molar-refractivity contribution < 1.29 is 13.2 Å². The van der Waals surface area contributed by atoms with E-state index in [1.807, 2.05) is 31.2 Å². The zero-order valence-corrected chi connectivity index (χ0v) is 17.7. The molecule has 28 heavy (non-hydrogen) atoms. The Morgan fingerprint density at radius 3 is 2.36 bits per heavy atom. The highest BCUT2D eigenvalue weighted by atomic mass is 35.5. The summed E-state index contributed by atoms with van der Waals surface area (Å²) in [4.78, 5) is 13.1. The molecule has 1 heterocycles. The van der Waals surface area contributed by atoms with Crippen LogP contribution in [0.3, 0.4) is 0 Å². The lowest BCUT2D eigenvalue weighted by Gasteiger charge is -2.20. The number of amides is 1. The van der Waals surface area contributed by atoms with Gasteiger partial charge in [0.15, 0.2) is 0 Å². The second kappa shape index (κ2) is 8.34. The van der Waals surface area contributed by atoms with Crippen molar-refractivity contribution in [2.24, 2.45) is 0 Å². The average Bonchev–Trinajstić information content (AvgIpc) is 3.16. The normalized spacial score (nSPS) is 11.2. The number of hydrogen-bond donors (Lipinski definition) is 1. The first-order valence-corrected chi connectivity index (χ1v) is 11.1. The monoisotopic (exact) mass is 434 g/mol. The number of nitrogens with one attached hydrogen (secondary N) is 1. The summed E-state index contributed by atoms with van der Waals surface area (Å²) >= 11 is 7.04. The van der Waals surface area contributed by atoms with Crippen LogP contribution >= 0.6 is 22.9 Å². The van der Waals surface area contributed by atoms with Gasteiger partial charge in [-0.05, 0) is 48.2 Å². The van der Waals surface area contributed by atoms with Gasteiger partial charge in [-0.3, -0.25) is 9.10 Å². The van der Waals surface area contributed by atoms with Crippen LogP contribution < -0.4 is 9.62 Å². The van der Waals surface area contributed by atoms with Gasteiger partial charge in [-0.1, -0.05) is 41.4 Å². The van der Waals surface area contributed by atoms with Crippen LogP contribution in [0.15, 0.2) is 64.9 Å². The number of carbonyl (C=O) groups excluding carboxylic acids is 1. The van der Waals surface area contributed by atoms with Crippen molar-refractivity contribution in [2.75, 3.05) is 11.4 Å². The molecule has 3 rings (SSSR count). The molecule has 0 atom stereocenters. The fourth-order valence-electron chi connectivity index (χ4n) is 2.58. The second-order valence-corrected chi connectivity index (χ2v) is 9.55. The van der Waals surface area contributed by atoms with Crippen LogP contribution in [0.2, 0.25) is 5.02 Å². The fourth-order valence-corrected chi connectivity index (χ4v) is 4.81. The third-order valence-corrected chi connectivity index (χ3v) is 7.18. The predicted octanol–water partition coefficient (Wildman–Crippen LogP) is 4.47. The van der Waals surface area contributed by atoms with Crippen molar-refractivity contribution in [1.82, 2.24) is 5.32 Å². The molecule has 0 saturated carbocycles. The summed E-state index contributed by atoms with van der Waals surface area (Å²) in [5, 5.41) is 5.00. The van der Waals surface area contributed by atoms with Crippen LogP contribution in [0.4, 0.5) is 5.69 Å². The van der Waals surface area contributed by atoms with Gasteiger partial charge in [0.05, 0.1) is 10.6 Å². The van der Waals surface area contributed by atoms with Gasteiger partial charge < -0.3 is 5.32 Å². The number of halogens is 1. The first kappa shape index (κ1) is 20.4. The SMILES string of the molecule is Cc1ccc(CNC(=O)c2sccc2N(C)S(=O)(=O)c2ccc(Cl)cc2)cc1. The molecule has 1 N–H and O–H groups in total. The molecule has 0 spiro atoms. The van der Waals surface area contributed by atoms with Crippen molar-refractivity contribution in [3.63, 3.8) is 0 Å². The summed E-state index contributed by atoms with van der Waals surface area (Å²) in [6.45, 7) is 2.36. The van der Waals surface area contributed by atoms with Gasteiger partial charge in [0, 0.05) is 18.6 Å². The summed E-state index contributed by atoms with van der Waals surface area (Å²) in [6.07, 6.45) is 0. The van der Waals surface area contributed by atoms with E-state index in [1.54, 1.807) is 11.4 Å². The highest BCUT2D eigenvalue weighted by molar-refractivity contribution is 7.92. The van der Waals surface area contributed by atoms with Gasteiger partial charge in [0.1, 0.15) is 4.88 Å². The van der Waals surface area contributed by atoms with Crippen LogP contribution in [0.1, 0.15) is 20.8 Å². The Morgan fingerprint density at radius 1 is 1.07 bits per heavy atom. The maximum absolute atomic E-state index is 12.9. The van der Waals surface area contributed by atoms with Gasteiger partial charge >= 0.3 is 0 Å². The third-order valence-electron chi connectivity index (χ3n) is 4.24. The molecule has 3 aromatic rings. The van der Waals surface area contributed by atoms with E-state index < -0.39 is 10.0 Å². The smallest absolute Gasteiger partial charge is 0.264 e. The minimum Gasteiger partial charge on any atom is -0.347 e. The zero-order valence-electron chi connectivity index (χ0n) is 15.3. The molecule has 146 valence electrons. The topological polar surface area (TPSA) is 66.5 Å². The summed E-state index contributed by atoms with van der Waals surface area (Å²) in [5.41, 5.74) is 2.45. The number of rotatable bonds is 6. The van der Waals surface area contributed by atoms with Crippen molar-refractivity contribution in [3.05, 3.63) is 81.0 Å². The van der Waals surface area contributed by atoms with Gasteiger partial charge in [0.2, 0.25) is 0 Å². The standard InChI is InChI=1S/C20H19ClN2O3S2/c1-14-3-5-15(6-4-14)13-22-20(24)19-18(11-12-27-19)23(2)28(25,26)17-9-7-16(21)8-10-17/h3-12H,13H2,1-2H3,(H,22,24). The van der Waals surface area contributed by atoms with Gasteiger partial charge in [-0.25, -0.2) is 8.42 Å². The zero-order chi connectivity index (χ0) is 20.3. The number of hydrogen-bond acceptors (Lipinski definition) is 4. The molecule has 0 fully saturated rings. The number of thiophene rings is 1. The molecule has 0 radical (unpaired) electrons. The van der Waals surface area contributed by atoms with E-state index in [9.17, 15) is 13.2 Å². The number of aryl methyl sites for hydroxylation is 1. The second-order valence-electron chi connectivity index (χ2n) is 6.23. The molecule has 0 aliphatic rings. The number of benzene rings is 2. The molecule has 1 aromatic heterocycles. The summed E-state index contributed by atoms with van der Waals surface area (Å²) < 4.78 is 26.9. The number of carbonyl (C=O) groups is 1. The lowest BCUT2D eigenvalue weighted by Crippen LogP contribution is -2.29. The third kappa shape index (κ3) is 4.38. The molecule has 2 aromatic carbocycles. The summed E-state index contributed by atoms with van der Waals surface area (Å²) in [6, 6.07) is 15.4. The minimum absolute atomic E-state index is 0.108. The molecule has 0 aliphatic carbocycles. The van der Waals surface area contributed by atoms with Crippen LogP contribution in [-0.4, -0.2) is 21.4 Å². The molecule has 5 nitrogen and oxygen atoms in total. The van der Waals surface area contributed by atoms with E-state index in [0.717, 1.165) is 15.4 Å². The highest BCUT2D eigenvalue weighted by Crippen LogP contribution is 2.30. The minimum atomic E-state index is -3.81. The van der Waals surface area contributed by atoms with Crippen LogP contribution in [0.25, 0.3) is 0 Å². The Balaban J connectivity index is 1.79. The van der Waals surface area contributed by atoms with Gasteiger partial charge in [0.25, 0.3) is 15.9 Å². The quantitative estimate of drug-likeness (QED) is 0.622. The van der Waals surface area contributed by atoms with E-state index in [-0.39, 0.29) is 10.8 Å². The van der Waals surface area contributed by atoms with Crippen LogP contribution in [0.5, 0.6) is 0 Å². The van der Waals surface area contributed by atoms with Crippen molar-refractivity contribution in [1.29, 1.82) is 0 Å². The molecular formula is C20H19ClN2O3S2. The van der Waals surface area contributed by atoms with Crippen molar-refractivity contribution in [2.45, 2.75) is 18.4 Å². The maximum atomic E-state index is 12.9. The van der Waals surface area contributed by atoms with Crippen LogP contribution in [0, 0.1) is 6.92 Å². The fraction of sp³-hybridized carbons (Fsp3) is 0.150. The Morgan fingerprint density at radius 2 is 1.71 bits per heavy atom. The Labute approximate surface area is 173 Å². The molecule has 0 unspecified atom stereocenters. The number of nitrogens with zero attached hydrogens (tertiary/aromatic N) is 1. The van der Waals surface area contributed by atoms with Gasteiger partial charge in [-0.15, -0.1) is 11.3 Å². The largest absolute Gasteiger partial charge is 0.347 e.